The van der Waals surface area contributed by atoms with E-state index < -0.39 is 17.4 Å². The van der Waals surface area contributed by atoms with Crippen molar-refractivity contribution in [2.24, 2.45) is 0 Å². The standard InChI is InChI=1S/C7H5Cl2F2NO/c8-1-3-5(13)4(7(10)11)2-12-6(3)9/h2,7H,1H2,(H,12,13). The Morgan fingerprint density at radius 1 is 1.54 bits per heavy atom. The fourth-order valence-electron chi connectivity index (χ4n) is 0.849. The SMILES string of the molecule is O=c1c(C(F)F)c[nH]c(Cl)c1CCl. The molecule has 0 bridgehead atoms. The zero-order valence-electron chi connectivity index (χ0n) is 6.28. The predicted molar refractivity (Wildman–Crippen MR) is 46.6 cm³/mol. The van der Waals surface area contributed by atoms with E-state index in [1.165, 1.54) is 0 Å². The van der Waals surface area contributed by atoms with Crippen molar-refractivity contribution in [3.05, 3.63) is 32.7 Å². The second-order valence-electron chi connectivity index (χ2n) is 2.30. The van der Waals surface area contributed by atoms with Gasteiger partial charge in [0.25, 0.3) is 6.43 Å². The van der Waals surface area contributed by atoms with Gasteiger partial charge in [-0.15, -0.1) is 11.6 Å². The molecule has 1 heterocycles. The normalized spacial score (nSPS) is 10.8. The van der Waals surface area contributed by atoms with Gasteiger partial charge in [0.2, 0.25) is 0 Å². The highest BCUT2D eigenvalue weighted by atomic mass is 35.5. The Labute approximate surface area is 82.5 Å². The maximum Gasteiger partial charge on any atom is 0.269 e. The van der Waals surface area contributed by atoms with Crippen molar-refractivity contribution in [3.63, 3.8) is 0 Å². The second kappa shape index (κ2) is 4.07. The maximum atomic E-state index is 12.2. The van der Waals surface area contributed by atoms with Gasteiger partial charge < -0.3 is 4.98 Å². The number of hydrogen-bond donors (Lipinski definition) is 1. The highest BCUT2D eigenvalue weighted by molar-refractivity contribution is 6.31. The van der Waals surface area contributed by atoms with E-state index in [2.05, 4.69) is 4.98 Å². The molecular formula is C7H5Cl2F2NO. The van der Waals surface area contributed by atoms with Gasteiger partial charge in [0.15, 0.2) is 5.43 Å². The summed E-state index contributed by atoms with van der Waals surface area (Å²) in [6, 6.07) is 0. The van der Waals surface area contributed by atoms with E-state index in [1.54, 1.807) is 0 Å². The third kappa shape index (κ3) is 2.00. The second-order valence-corrected chi connectivity index (χ2v) is 2.95. The minimum atomic E-state index is -2.82. The fraction of sp³-hybridized carbons (Fsp3) is 0.286. The molecule has 2 nitrogen and oxygen atoms in total. The van der Waals surface area contributed by atoms with Gasteiger partial charge in [0, 0.05) is 6.20 Å². The molecule has 0 spiro atoms. The largest absolute Gasteiger partial charge is 0.351 e. The van der Waals surface area contributed by atoms with Crippen molar-refractivity contribution in [3.8, 4) is 0 Å². The van der Waals surface area contributed by atoms with Crippen LogP contribution in [0.1, 0.15) is 17.6 Å². The van der Waals surface area contributed by atoms with Crippen LogP contribution in [0.5, 0.6) is 0 Å². The zero-order chi connectivity index (χ0) is 10.0. The van der Waals surface area contributed by atoms with Crippen molar-refractivity contribution in [2.75, 3.05) is 0 Å². The molecule has 0 fully saturated rings. The Hall–Kier alpha value is -0.610. The number of aromatic nitrogens is 1. The topological polar surface area (TPSA) is 32.9 Å². The minimum Gasteiger partial charge on any atom is -0.351 e. The molecule has 0 radical (unpaired) electrons. The first-order chi connectivity index (χ1) is 6.07. The molecule has 0 aliphatic heterocycles. The van der Waals surface area contributed by atoms with Crippen LogP contribution in [-0.2, 0) is 5.88 Å². The van der Waals surface area contributed by atoms with Gasteiger partial charge in [-0.2, -0.15) is 0 Å². The number of aromatic amines is 1. The molecule has 0 aliphatic carbocycles. The summed E-state index contributed by atoms with van der Waals surface area (Å²) < 4.78 is 24.3. The summed E-state index contributed by atoms with van der Waals surface area (Å²) in [4.78, 5) is 13.5. The number of hydrogen-bond acceptors (Lipinski definition) is 1. The van der Waals surface area contributed by atoms with E-state index in [0.717, 1.165) is 6.20 Å². The number of H-pyrrole nitrogens is 1. The minimum absolute atomic E-state index is 0.00407. The maximum absolute atomic E-state index is 12.2. The summed E-state index contributed by atoms with van der Waals surface area (Å²) in [6.45, 7) is 0. The number of nitrogens with one attached hydrogen (secondary N) is 1. The first-order valence-corrected chi connectivity index (χ1v) is 4.23. The van der Waals surface area contributed by atoms with Crippen LogP contribution in [0.25, 0.3) is 0 Å². The monoisotopic (exact) mass is 227 g/mol. The number of halogens is 4. The lowest BCUT2D eigenvalue weighted by Crippen LogP contribution is -2.15. The van der Waals surface area contributed by atoms with Crippen LogP contribution >= 0.6 is 23.2 Å². The molecule has 0 atom stereocenters. The summed E-state index contributed by atoms with van der Waals surface area (Å²) >= 11 is 10.9. The van der Waals surface area contributed by atoms with Crippen molar-refractivity contribution < 1.29 is 8.78 Å². The number of rotatable bonds is 2. The fourth-order valence-corrected chi connectivity index (χ4v) is 1.38. The molecule has 1 aromatic rings. The molecule has 0 amide bonds. The number of alkyl halides is 3. The van der Waals surface area contributed by atoms with Crippen LogP contribution in [0.4, 0.5) is 8.78 Å². The van der Waals surface area contributed by atoms with Gasteiger partial charge in [-0.3, -0.25) is 4.79 Å². The van der Waals surface area contributed by atoms with Crippen LogP contribution in [0.2, 0.25) is 5.15 Å². The van der Waals surface area contributed by atoms with Gasteiger partial charge >= 0.3 is 0 Å². The van der Waals surface area contributed by atoms with E-state index in [9.17, 15) is 13.6 Å². The molecule has 0 saturated heterocycles. The predicted octanol–water partition coefficient (Wildman–Crippen LogP) is 2.70. The molecule has 1 aromatic heterocycles. The van der Waals surface area contributed by atoms with Crippen molar-refractivity contribution >= 4 is 23.2 Å². The average Bonchev–Trinajstić information content (AvgIpc) is 2.04. The Morgan fingerprint density at radius 2 is 2.15 bits per heavy atom. The van der Waals surface area contributed by atoms with Gasteiger partial charge in [-0.25, -0.2) is 8.78 Å². The van der Waals surface area contributed by atoms with Crippen LogP contribution < -0.4 is 5.43 Å². The van der Waals surface area contributed by atoms with Crippen LogP contribution in [0, 0.1) is 0 Å². The van der Waals surface area contributed by atoms with Crippen LogP contribution in [0.15, 0.2) is 11.0 Å². The summed E-state index contributed by atoms with van der Waals surface area (Å²) in [7, 11) is 0. The van der Waals surface area contributed by atoms with Gasteiger partial charge in [0.05, 0.1) is 17.0 Å². The summed E-state index contributed by atoms with van der Waals surface area (Å²) in [6.07, 6.45) is -1.92. The molecule has 0 unspecified atom stereocenters. The van der Waals surface area contributed by atoms with Crippen molar-refractivity contribution in [2.45, 2.75) is 12.3 Å². The summed E-state index contributed by atoms with van der Waals surface area (Å²) in [5.74, 6) is -0.186. The number of pyridine rings is 1. The highest BCUT2D eigenvalue weighted by Gasteiger charge is 2.16. The first-order valence-electron chi connectivity index (χ1n) is 3.32. The lowest BCUT2D eigenvalue weighted by molar-refractivity contribution is 0.149. The third-order valence-electron chi connectivity index (χ3n) is 1.52. The molecular weight excluding hydrogens is 223 g/mol. The van der Waals surface area contributed by atoms with Crippen molar-refractivity contribution in [1.29, 1.82) is 0 Å². The lowest BCUT2D eigenvalue weighted by Gasteiger charge is -2.02. The molecule has 1 rings (SSSR count). The quantitative estimate of drug-likeness (QED) is 0.612. The zero-order valence-corrected chi connectivity index (χ0v) is 7.79. The van der Waals surface area contributed by atoms with Crippen molar-refractivity contribution in [1.82, 2.24) is 4.98 Å². The van der Waals surface area contributed by atoms with E-state index in [4.69, 9.17) is 23.2 Å². The molecule has 0 saturated carbocycles. The Morgan fingerprint density at radius 3 is 2.62 bits per heavy atom. The first kappa shape index (κ1) is 10.5. The molecule has 1 N–H and O–H groups in total. The van der Waals surface area contributed by atoms with Gasteiger partial charge in [-0.1, -0.05) is 11.6 Å². The van der Waals surface area contributed by atoms with E-state index >= 15 is 0 Å². The van der Waals surface area contributed by atoms with Gasteiger partial charge in [-0.05, 0) is 0 Å². The lowest BCUT2D eigenvalue weighted by atomic mass is 10.2. The summed E-state index contributed by atoms with van der Waals surface area (Å²) in [5, 5.41) is 0.00407. The molecule has 6 heteroatoms. The Bertz CT molecular complexity index is 364. The van der Waals surface area contributed by atoms with Crippen LogP contribution in [0.3, 0.4) is 0 Å². The Kier molecular flexibility index (Phi) is 3.27. The average molecular weight is 228 g/mol. The smallest absolute Gasteiger partial charge is 0.269 e. The summed E-state index contributed by atoms with van der Waals surface area (Å²) in [5.41, 5.74) is -1.44. The third-order valence-corrected chi connectivity index (χ3v) is 2.13. The highest BCUT2D eigenvalue weighted by Crippen LogP contribution is 2.18. The van der Waals surface area contributed by atoms with Crippen LogP contribution in [-0.4, -0.2) is 4.98 Å². The molecule has 0 aromatic carbocycles. The van der Waals surface area contributed by atoms with Gasteiger partial charge in [0.1, 0.15) is 5.15 Å². The van der Waals surface area contributed by atoms with E-state index in [1.807, 2.05) is 0 Å². The van der Waals surface area contributed by atoms with E-state index in [0.29, 0.717) is 0 Å². The van der Waals surface area contributed by atoms with E-state index in [-0.39, 0.29) is 16.6 Å². The molecule has 0 aliphatic rings. The Balaban J connectivity index is 3.37. The molecule has 13 heavy (non-hydrogen) atoms. The molecule has 72 valence electrons.